The van der Waals surface area contributed by atoms with Crippen molar-refractivity contribution < 1.29 is 26.4 Å². The monoisotopic (exact) mass is 392 g/mol. The molecule has 0 bridgehead atoms. The molecule has 1 aliphatic carbocycles. The molecular weight excluding hydrogens is 369 g/mol. The summed E-state index contributed by atoms with van der Waals surface area (Å²) in [5, 5.41) is 2.76. The number of para-hydroxylation sites is 1. The Morgan fingerprint density at radius 1 is 1.15 bits per heavy atom. The third-order valence-corrected chi connectivity index (χ3v) is 5.51. The first kappa shape index (κ1) is 20.5. The standard InChI is InChI=1S/C17H23F3N2O3S/c1-26(24,25)22(15-11-7-6-10-14(15)17(18,19)20)12-16(23)21-13-8-4-2-3-5-9-13/h6-7,10-11,13H,2-5,8-9,12H2,1H3,(H,21,23). The molecule has 0 radical (unpaired) electrons. The van der Waals surface area contributed by atoms with Crippen LogP contribution in [0.4, 0.5) is 18.9 Å². The van der Waals surface area contributed by atoms with Gasteiger partial charge in [0.15, 0.2) is 0 Å². The van der Waals surface area contributed by atoms with Crippen molar-refractivity contribution in [1.29, 1.82) is 0 Å². The zero-order chi connectivity index (χ0) is 19.4. The highest BCUT2D eigenvalue weighted by molar-refractivity contribution is 7.92. The Hall–Kier alpha value is -1.77. The molecule has 1 aromatic rings. The van der Waals surface area contributed by atoms with E-state index in [1.165, 1.54) is 12.1 Å². The summed E-state index contributed by atoms with van der Waals surface area (Å²) in [6.07, 6.45) is 1.76. The summed E-state index contributed by atoms with van der Waals surface area (Å²) >= 11 is 0. The van der Waals surface area contributed by atoms with E-state index >= 15 is 0 Å². The van der Waals surface area contributed by atoms with Gasteiger partial charge in [0, 0.05) is 6.04 Å². The van der Waals surface area contributed by atoms with Gasteiger partial charge in [0.1, 0.15) is 6.54 Å². The van der Waals surface area contributed by atoms with Crippen molar-refractivity contribution >= 4 is 21.6 Å². The average Bonchev–Trinajstić information content (AvgIpc) is 2.79. The normalized spacial score (nSPS) is 16.8. The molecule has 0 aliphatic heterocycles. The Labute approximate surface area is 151 Å². The fourth-order valence-electron chi connectivity index (χ4n) is 3.14. The van der Waals surface area contributed by atoms with E-state index in [0.717, 1.165) is 56.9 Å². The summed E-state index contributed by atoms with van der Waals surface area (Å²) in [5.74, 6) is -0.598. The van der Waals surface area contributed by atoms with Crippen LogP contribution in [0, 0.1) is 0 Å². The summed E-state index contributed by atoms with van der Waals surface area (Å²) in [6, 6.07) is 4.29. The van der Waals surface area contributed by atoms with E-state index in [-0.39, 0.29) is 6.04 Å². The van der Waals surface area contributed by atoms with Crippen molar-refractivity contribution in [1.82, 2.24) is 5.32 Å². The minimum Gasteiger partial charge on any atom is -0.352 e. The largest absolute Gasteiger partial charge is 0.418 e. The summed E-state index contributed by atoms with van der Waals surface area (Å²) in [5.41, 5.74) is -1.63. The maximum Gasteiger partial charge on any atom is 0.418 e. The summed E-state index contributed by atoms with van der Waals surface area (Å²) < 4.78 is 64.4. The topological polar surface area (TPSA) is 66.5 Å². The van der Waals surface area contributed by atoms with Gasteiger partial charge in [-0.1, -0.05) is 37.8 Å². The van der Waals surface area contributed by atoms with E-state index in [1.54, 1.807) is 0 Å². The molecule has 0 saturated heterocycles. The third kappa shape index (κ3) is 5.62. The number of alkyl halides is 3. The SMILES string of the molecule is CS(=O)(=O)N(CC(=O)NC1CCCCCC1)c1ccccc1C(F)(F)F. The molecule has 1 saturated carbocycles. The number of anilines is 1. The number of halogens is 3. The zero-order valence-electron chi connectivity index (χ0n) is 14.6. The molecule has 2 rings (SSSR count). The van der Waals surface area contributed by atoms with Crippen molar-refractivity contribution in [3.63, 3.8) is 0 Å². The van der Waals surface area contributed by atoms with Gasteiger partial charge in [-0.2, -0.15) is 13.2 Å². The number of rotatable bonds is 5. The van der Waals surface area contributed by atoms with Crippen LogP contribution in [0.25, 0.3) is 0 Å². The Bertz CT molecular complexity index is 727. The first-order valence-electron chi connectivity index (χ1n) is 8.52. The first-order chi connectivity index (χ1) is 12.1. The van der Waals surface area contributed by atoms with E-state index in [2.05, 4.69) is 5.32 Å². The second kappa shape index (κ2) is 8.28. The van der Waals surface area contributed by atoms with Crippen LogP contribution < -0.4 is 9.62 Å². The molecule has 26 heavy (non-hydrogen) atoms. The van der Waals surface area contributed by atoms with Gasteiger partial charge in [0.05, 0.1) is 17.5 Å². The second-order valence-electron chi connectivity index (χ2n) is 6.54. The maximum absolute atomic E-state index is 13.2. The van der Waals surface area contributed by atoms with E-state index in [0.29, 0.717) is 4.31 Å². The molecule has 9 heteroatoms. The van der Waals surface area contributed by atoms with Crippen LogP contribution in [-0.4, -0.2) is 33.2 Å². The Morgan fingerprint density at radius 2 is 1.73 bits per heavy atom. The van der Waals surface area contributed by atoms with Gasteiger partial charge in [-0.25, -0.2) is 8.42 Å². The Morgan fingerprint density at radius 3 is 2.27 bits per heavy atom. The molecule has 0 aromatic heterocycles. The van der Waals surface area contributed by atoms with Gasteiger partial charge in [-0.15, -0.1) is 0 Å². The van der Waals surface area contributed by atoms with Gasteiger partial charge in [-0.05, 0) is 25.0 Å². The summed E-state index contributed by atoms with van der Waals surface area (Å²) in [7, 11) is -4.07. The smallest absolute Gasteiger partial charge is 0.352 e. The number of hydrogen-bond acceptors (Lipinski definition) is 3. The summed E-state index contributed by atoms with van der Waals surface area (Å²) in [4.78, 5) is 12.3. The van der Waals surface area contributed by atoms with Crippen LogP contribution in [0.2, 0.25) is 0 Å². The van der Waals surface area contributed by atoms with Crippen LogP contribution in [0.3, 0.4) is 0 Å². The lowest BCUT2D eigenvalue weighted by molar-refractivity contribution is -0.137. The lowest BCUT2D eigenvalue weighted by atomic mass is 10.1. The fourth-order valence-corrected chi connectivity index (χ4v) is 4.01. The zero-order valence-corrected chi connectivity index (χ0v) is 15.4. The van der Waals surface area contributed by atoms with E-state index in [1.807, 2.05) is 0 Å². The molecule has 0 unspecified atom stereocenters. The molecule has 0 atom stereocenters. The fraction of sp³-hybridized carbons (Fsp3) is 0.588. The van der Waals surface area contributed by atoms with Crippen LogP contribution in [0.1, 0.15) is 44.1 Å². The van der Waals surface area contributed by atoms with Gasteiger partial charge < -0.3 is 5.32 Å². The second-order valence-corrected chi connectivity index (χ2v) is 8.45. The molecular formula is C17H23F3N2O3S. The van der Waals surface area contributed by atoms with Crippen LogP contribution in [0.15, 0.2) is 24.3 Å². The minimum absolute atomic E-state index is 0.0655. The molecule has 1 aromatic carbocycles. The van der Waals surface area contributed by atoms with Crippen LogP contribution in [0.5, 0.6) is 0 Å². The molecule has 0 heterocycles. The Kier molecular flexibility index (Phi) is 6.54. The minimum atomic E-state index is -4.72. The van der Waals surface area contributed by atoms with E-state index in [4.69, 9.17) is 0 Å². The quantitative estimate of drug-likeness (QED) is 0.782. The highest BCUT2D eigenvalue weighted by Gasteiger charge is 2.37. The number of amides is 1. The number of carbonyl (C=O) groups is 1. The molecule has 1 fully saturated rings. The van der Waals surface area contributed by atoms with Gasteiger partial charge in [0.25, 0.3) is 0 Å². The predicted molar refractivity (Wildman–Crippen MR) is 93.3 cm³/mol. The molecule has 1 amide bonds. The van der Waals surface area contributed by atoms with Crippen molar-refractivity contribution in [2.45, 2.75) is 50.7 Å². The maximum atomic E-state index is 13.2. The van der Waals surface area contributed by atoms with Gasteiger partial charge in [0.2, 0.25) is 15.9 Å². The van der Waals surface area contributed by atoms with E-state index in [9.17, 15) is 26.4 Å². The van der Waals surface area contributed by atoms with Gasteiger partial charge in [-0.3, -0.25) is 9.10 Å². The number of nitrogens with one attached hydrogen (secondary N) is 1. The van der Waals surface area contributed by atoms with Gasteiger partial charge >= 0.3 is 6.18 Å². The van der Waals surface area contributed by atoms with Crippen molar-refractivity contribution in [2.24, 2.45) is 0 Å². The lowest BCUT2D eigenvalue weighted by Gasteiger charge is -2.26. The number of hydrogen-bond donors (Lipinski definition) is 1. The number of benzene rings is 1. The number of carbonyl (C=O) groups excluding carboxylic acids is 1. The Balaban J connectivity index is 2.23. The van der Waals surface area contributed by atoms with Crippen molar-refractivity contribution in [2.75, 3.05) is 17.1 Å². The molecule has 5 nitrogen and oxygen atoms in total. The number of nitrogens with zero attached hydrogens (tertiary/aromatic N) is 1. The molecule has 0 spiro atoms. The van der Waals surface area contributed by atoms with E-state index < -0.39 is 39.9 Å². The third-order valence-electron chi connectivity index (χ3n) is 4.39. The highest BCUT2D eigenvalue weighted by Crippen LogP contribution is 2.37. The first-order valence-corrected chi connectivity index (χ1v) is 10.4. The van der Waals surface area contributed by atoms with Crippen molar-refractivity contribution in [3.05, 3.63) is 29.8 Å². The number of sulfonamides is 1. The van der Waals surface area contributed by atoms with Crippen LogP contribution in [-0.2, 0) is 21.0 Å². The molecule has 1 N–H and O–H groups in total. The molecule has 1 aliphatic rings. The predicted octanol–water partition coefficient (Wildman–Crippen LogP) is 3.31. The van der Waals surface area contributed by atoms with Crippen LogP contribution >= 0.6 is 0 Å². The molecule has 146 valence electrons. The highest BCUT2D eigenvalue weighted by atomic mass is 32.2. The van der Waals surface area contributed by atoms with Crippen molar-refractivity contribution in [3.8, 4) is 0 Å². The lowest BCUT2D eigenvalue weighted by Crippen LogP contribution is -2.44. The summed E-state index contributed by atoms with van der Waals surface area (Å²) in [6.45, 7) is -0.678. The average molecular weight is 392 g/mol.